The maximum atomic E-state index is 9.98. The van der Waals surface area contributed by atoms with Crippen molar-refractivity contribution in [2.45, 2.75) is 52.9 Å². The molecule has 0 radical (unpaired) electrons. The predicted octanol–water partition coefficient (Wildman–Crippen LogP) is 6.57. The molecule has 4 rings (SSSR count). The number of unbranched alkanes of at least 4 members (excludes halogenated alkanes) is 1. The minimum absolute atomic E-state index is 0.345. The van der Waals surface area contributed by atoms with Gasteiger partial charge in [0.1, 0.15) is 5.75 Å². The second-order valence-corrected chi connectivity index (χ2v) is 8.70. The SMILES string of the molecule is CCCCn1cnc(-c2ccccc2)c1CN(Cc1ccccc1)Cc1ccc(O)c(C)c1. The molecular weight excluding hydrogens is 406 g/mol. The van der Waals surface area contributed by atoms with Crippen molar-refractivity contribution in [1.29, 1.82) is 0 Å². The van der Waals surface area contributed by atoms with Crippen molar-refractivity contribution in [2.24, 2.45) is 0 Å². The van der Waals surface area contributed by atoms with Crippen LogP contribution < -0.4 is 0 Å². The van der Waals surface area contributed by atoms with Gasteiger partial charge < -0.3 is 9.67 Å². The number of hydrogen-bond donors (Lipinski definition) is 1. The monoisotopic (exact) mass is 439 g/mol. The first-order valence-electron chi connectivity index (χ1n) is 11.8. The quantitative estimate of drug-likeness (QED) is 0.304. The topological polar surface area (TPSA) is 41.3 Å². The Labute approximate surface area is 197 Å². The van der Waals surface area contributed by atoms with E-state index < -0.39 is 0 Å². The number of rotatable bonds is 10. The molecule has 0 aliphatic heterocycles. The highest BCUT2D eigenvalue weighted by Crippen LogP contribution is 2.26. The van der Waals surface area contributed by atoms with E-state index in [4.69, 9.17) is 4.98 Å². The molecule has 0 unspecified atom stereocenters. The maximum Gasteiger partial charge on any atom is 0.118 e. The first kappa shape index (κ1) is 22.8. The zero-order valence-electron chi connectivity index (χ0n) is 19.6. The summed E-state index contributed by atoms with van der Waals surface area (Å²) in [6.45, 7) is 7.58. The van der Waals surface area contributed by atoms with Gasteiger partial charge in [-0.25, -0.2) is 4.98 Å². The number of aromatic hydroxyl groups is 1. The third-order valence-corrected chi connectivity index (χ3v) is 6.04. The second kappa shape index (κ2) is 11.0. The maximum absolute atomic E-state index is 9.98. The summed E-state index contributed by atoms with van der Waals surface area (Å²) in [4.78, 5) is 7.30. The average Bonchev–Trinajstić information content (AvgIpc) is 3.23. The Kier molecular flexibility index (Phi) is 7.59. The van der Waals surface area contributed by atoms with Crippen molar-refractivity contribution in [2.75, 3.05) is 0 Å². The van der Waals surface area contributed by atoms with Crippen molar-refractivity contribution in [3.63, 3.8) is 0 Å². The Balaban J connectivity index is 1.68. The lowest BCUT2D eigenvalue weighted by atomic mass is 10.1. The molecule has 0 fully saturated rings. The Hall–Kier alpha value is -3.37. The fourth-order valence-corrected chi connectivity index (χ4v) is 4.23. The van der Waals surface area contributed by atoms with Crippen LogP contribution in [0.5, 0.6) is 5.75 Å². The van der Waals surface area contributed by atoms with Crippen LogP contribution in [-0.2, 0) is 26.2 Å². The van der Waals surface area contributed by atoms with Crippen LogP contribution in [0.15, 0.2) is 85.2 Å². The number of benzene rings is 3. The highest BCUT2D eigenvalue weighted by molar-refractivity contribution is 5.61. The number of imidazole rings is 1. The van der Waals surface area contributed by atoms with Crippen molar-refractivity contribution < 1.29 is 5.11 Å². The lowest BCUT2D eigenvalue weighted by Gasteiger charge is -2.24. The average molecular weight is 440 g/mol. The van der Waals surface area contributed by atoms with E-state index in [-0.39, 0.29) is 0 Å². The molecule has 0 atom stereocenters. The molecule has 1 aromatic heterocycles. The molecule has 0 aliphatic rings. The Morgan fingerprint density at radius 2 is 1.55 bits per heavy atom. The van der Waals surface area contributed by atoms with Crippen molar-refractivity contribution in [3.05, 3.63) is 108 Å². The molecule has 4 nitrogen and oxygen atoms in total. The molecule has 4 aromatic rings. The van der Waals surface area contributed by atoms with Crippen LogP contribution in [0.1, 0.15) is 42.1 Å². The Bertz CT molecular complexity index is 1150. The summed E-state index contributed by atoms with van der Waals surface area (Å²) in [7, 11) is 0. The molecule has 0 aliphatic carbocycles. The highest BCUT2D eigenvalue weighted by atomic mass is 16.3. The molecule has 0 bridgehead atoms. The summed E-state index contributed by atoms with van der Waals surface area (Å²) in [6, 6.07) is 27.0. The minimum atomic E-state index is 0.345. The zero-order chi connectivity index (χ0) is 23.0. The second-order valence-electron chi connectivity index (χ2n) is 8.70. The smallest absolute Gasteiger partial charge is 0.118 e. The van der Waals surface area contributed by atoms with Gasteiger partial charge in [-0.2, -0.15) is 0 Å². The van der Waals surface area contributed by atoms with E-state index in [1.807, 2.05) is 25.4 Å². The molecule has 0 amide bonds. The van der Waals surface area contributed by atoms with E-state index in [9.17, 15) is 5.11 Å². The van der Waals surface area contributed by atoms with Gasteiger partial charge >= 0.3 is 0 Å². The lowest BCUT2D eigenvalue weighted by molar-refractivity contribution is 0.241. The van der Waals surface area contributed by atoms with Gasteiger partial charge in [0.15, 0.2) is 0 Å². The Morgan fingerprint density at radius 1 is 0.848 bits per heavy atom. The van der Waals surface area contributed by atoms with E-state index in [1.54, 1.807) is 6.07 Å². The molecule has 0 spiro atoms. The van der Waals surface area contributed by atoms with Crippen molar-refractivity contribution in [1.82, 2.24) is 14.5 Å². The van der Waals surface area contributed by atoms with Crippen LogP contribution in [0.25, 0.3) is 11.3 Å². The summed E-state index contributed by atoms with van der Waals surface area (Å²) in [5.74, 6) is 0.345. The number of hydrogen-bond acceptors (Lipinski definition) is 3. The van der Waals surface area contributed by atoms with E-state index in [0.29, 0.717) is 5.75 Å². The molecule has 0 saturated carbocycles. The highest BCUT2D eigenvalue weighted by Gasteiger charge is 2.17. The number of aryl methyl sites for hydroxylation is 2. The van der Waals surface area contributed by atoms with Gasteiger partial charge in [0.2, 0.25) is 0 Å². The molecule has 33 heavy (non-hydrogen) atoms. The fourth-order valence-electron chi connectivity index (χ4n) is 4.23. The summed E-state index contributed by atoms with van der Waals surface area (Å²) in [5, 5.41) is 9.98. The number of nitrogens with zero attached hydrogens (tertiary/aromatic N) is 3. The molecule has 170 valence electrons. The van der Waals surface area contributed by atoms with E-state index in [0.717, 1.165) is 55.8 Å². The van der Waals surface area contributed by atoms with Gasteiger partial charge in [-0.1, -0.05) is 86.1 Å². The standard InChI is InChI=1S/C29H33N3O/c1-3-4-17-32-22-30-29(26-13-9-6-10-14-26)27(32)21-31(19-24-11-7-5-8-12-24)20-25-15-16-28(33)23(2)18-25/h5-16,18,22,33H,3-4,17,19-21H2,1-2H3. The summed E-state index contributed by atoms with van der Waals surface area (Å²) >= 11 is 0. The minimum Gasteiger partial charge on any atom is -0.508 e. The predicted molar refractivity (Wildman–Crippen MR) is 135 cm³/mol. The van der Waals surface area contributed by atoms with Gasteiger partial charge in [0, 0.05) is 31.7 Å². The molecular formula is C29H33N3O. The van der Waals surface area contributed by atoms with Crippen molar-refractivity contribution in [3.8, 4) is 17.0 Å². The first-order chi connectivity index (χ1) is 16.1. The molecule has 3 aromatic carbocycles. The van der Waals surface area contributed by atoms with E-state index in [1.165, 1.54) is 16.8 Å². The van der Waals surface area contributed by atoms with Gasteiger partial charge in [-0.15, -0.1) is 0 Å². The van der Waals surface area contributed by atoms with E-state index >= 15 is 0 Å². The van der Waals surface area contributed by atoms with Crippen LogP contribution in [0.4, 0.5) is 0 Å². The summed E-state index contributed by atoms with van der Waals surface area (Å²) < 4.78 is 2.33. The molecule has 1 N–H and O–H groups in total. The van der Waals surface area contributed by atoms with Gasteiger partial charge in [-0.05, 0) is 36.1 Å². The third kappa shape index (κ3) is 5.91. The number of aromatic nitrogens is 2. The molecule has 1 heterocycles. The van der Waals surface area contributed by atoms with Crippen LogP contribution in [0.2, 0.25) is 0 Å². The van der Waals surface area contributed by atoms with Crippen LogP contribution in [0.3, 0.4) is 0 Å². The first-order valence-corrected chi connectivity index (χ1v) is 11.8. The zero-order valence-corrected chi connectivity index (χ0v) is 19.6. The molecule has 0 saturated heterocycles. The number of phenolic OH excluding ortho intramolecular Hbond substituents is 1. The van der Waals surface area contributed by atoms with Crippen LogP contribution >= 0.6 is 0 Å². The fraction of sp³-hybridized carbons (Fsp3) is 0.276. The number of phenols is 1. The third-order valence-electron chi connectivity index (χ3n) is 6.04. The largest absolute Gasteiger partial charge is 0.508 e. The lowest BCUT2D eigenvalue weighted by Crippen LogP contribution is -2.24. The molecule has 4 heteroatoms. The van der Waals surface area contributed by atoms with E-state index in [2.05, 4.69) is 77.1 Å². The normalized spacial score (nSPS) is 11.2. The summed E-state index contributed by atoms with van der Waals surface area (Å²) in [5.41, 5.74) is 6.86. The van der Waals surface area contributed by atoms with Gasteiger partial charge in [0.05, 0.1) is 17.7 Å². The summed E-state index contributed by atoms with van der Waals surface area (Å²) in [6.07, 6.45) is 4.28. The van der Waals surface area contributed by atoms with Crippen LogP contribution in [0, 0.1) is 6.92 Å². The van der Waals surface area contributed by atoms with Gasteiger partial charge in [0.25, 0.3) is 0 Å². The van der Waals surface area contributed by atoms with Gasteiger partial charge in [-0.3, -0.25) is 4.90 Å². The Morgan fingerprint density at radius 3 is 2.24 bits per heavy atom. The van der Waals surface area contributed by atoms with Crippen molar-refractivity contribution >= 4 is 0 Å². The van der Waals surface area contributed by atoms with Crippen LogP contribution in [-0.4, -0.2) is 19.6 Å².